The molecule has 4 aromatic rings. The highest BCUT2D eigenvalue weighted by Crippen LogP contribution is 2.30. The van der Waals surface area contributed by atoms with Gasteiger partial charge in [-0.25, -0.2) is 0 Å². The molecule has 27 heavy (non-hydrogen) atoms. The molecule has 134 valence electrons. The number of hydrogen-bond acceptors (Lipinski definition) is 5. The number of nitrogens with one attached hydrogen (secondary N) is 1. The topological polar surface area (TPSA) is 68.0 Å². The lowest BCUT2D eigenvalue weighted by Gasteiger charge is -2.16. The molecular weight excluding hydrogens is 382 g/mol. The van der Waals surface area contributed by atoms with Gasteiger partial charge in [-0.1, -0.05) is 54.1 Å². The van der Waals surface area contributed by atoms with Gasteiger partial charge in [-0.2, -0.15) is 0 Å². The molecule has 1 amide bonds. The van der Waals surface area contributed by atoms with E-state index in [4.69, 9.17) is 16.0 Å². The molecular formula is C20H14ClN3O2S. The minimum Gasteiger partial charge on any atom is -0.418 e. The number of halogens is 1. The molecule has 0 saturated heterocycles. The van der Waals surface area contributed by atoms with Crippen molar-refractivity contribution in [3.8, 4) is 11.5 Å². The van der Waals surface area contributed by atoms with Crippen LogP contribution in [0.3, 0.4) is 0 Å². The Bertz CT molecular complexity index is 1050. The summed E-state index contributed by atoms with van der Waals surface area (Å²) >= 11 is 7.72. The Balaban J connectivity index is 1.71. The molecule has 0 saturated carbocycles. The number of rotatable bonds is 5. The molecule has 0 spiro atoms. The van der Waals surface area contributed by atoms with Crippen LogP contribution in [0.15, 0.2) is 76.5 Å². The maximum Gasteiger partial charge on any atom is 0.262 e. The molecule has 2 aromatic heterocycles. The molecule has 0 aliphatic rings. The van der Waals surface area contributed by atoms with Crippen LogP contribution in [-0.4, -0.2) is 16.1 Å². The third-order valence-electron chi connectivity index (χ3n) is 3.94. The molecule has 1 atom stereocenters. The third-order valence-corrected chi connectivity index (χ3v) is 5.16. The molecule has 1 N–H and O–H groups in total. The molecule has 4 rings (SSSR count). The fourth-order valence-corrected chi connectivity index (χ4v) is 3.51. The van der Waals surface area contributed by atoms with Crippen molar-refractivity contribution < 1.29 is 9.21 Å². The molecule has 7 heteroatoms. The Morgan fingerprint density at radius 1 is 1.00 bits per heavy atom. The maximum absolute atomic E-state index is 12.6. The van der Waals surface area contributed by atoms with Crippen LogP contribution in [0.25, 0.3) is 11.5 Å². The Morgan fingerprint density at radius 3 is 2.52 bits per heavy atom. The zero-order valence-corrected chi connectivity index (χ0v) is 15.6. The molecule has 5 nitrogen and oxygen atoms in total. The summed E-state index contributed by atoms with van der Waals surface area (Å²) in [6.07, 6.45) is 0. The SMILES string of the molecule is O=C(NC(c1nnc(-c2ccccc2)o1)c1ccccc1Cl)c1cccs1. The average molecular weight is 396 g/mol. The van der Waals surface area contributed by atoms with Crippen LogP contribution < -0.4 is 5.32 Å². The van der Waals surface area contributed by atoms with Crippen LogP contribution >= 0.6 is 22.9 Å². The van der Waals surface area contributed by atoms with E-state index >= 15 is 0 Å². The van der Waals surface area contributed by atoms with E-state index in [9.17, 15) is 4.79 Å². The van der Waals surface area contributed by atoms with E-state index in [-0.39, 0.29) is 11.8 Å². The highest BCUT2D eigenvalue weighted by atomic mass is 35.5. The van der Waals surface area contributed by atoms with Crippen molar-refractivity contribution in [3.63, 3.8) is 0 Å². The first-order chi connectivity index (χ1) is 13.2. The van der Waals surface area contributed by atoms with Gasteiger partial charge in [0.1, 0.15) is 6.04 Å². The van der Waals surface area contributed by atoms with Crippen molar-refractivity contribution in [1.29, 1.82) is 0 Å². The van der Waals surface area contributed by atoms with Crippen molar-refractivity contribution in [1.82, 2.24) is 15.5 Å². The van der Waals surface area contributed by atoms with Crippen molar-refractivity contribution >= 4 is 28.8 Å². The number of benzene rings is 2. The van der Waals surface area contributed by atoms with Crippen molar-refractivity contribution in [2.75, 3.05) is 0 Å². The average Bonchev–Trinajstić information content (AvgIpc) is 3.40. The van der Waals surface area contributed by atoms with Crippen LogP contribution in [0.1, 0.15) is 27.2 Å². The monoisotopic (exact) mass is 395 g/mol. The predicted octanol–water partition coefficient (Wildman–Crippen LogP) is 4.97. The van der Waals surface area contributed by atoms with E-state index in [1.807, 2.05) is 60.0 Å². The van der Waals surface area contributed by atoms with Crippen molar-refractivity contribution in [2.24, 2.45) is 0 Å². The van der Waals surface area contributed by atoms with Crippen LogP contribution in [0.2, 0.25) is 5.02 Å². The van der Waals surface area contributed by atoms with E-state index in [2.05, 4.69) is 15.5 Å². The lowest BCUT2D eigenvalue weighted by Crippen LogP contribution is -2.29. The van der Waals surface area contributed by atoms with Gasteiger partial charge in [0.2, 0.25) is 11.8 Å². The van der Waals surface area contributed by atoms with Gasteiger partial charge < -0.3 is 9.73 Å². The number of carbonyl (C=O) groups excluding carboxylic acids is 1. The first-order valence-corrected chi connectivity index (χ1v) is 9.46. The maximum atomic E-state index is 12.6. The second kappa shape index (κ2) is 7.73. The highest BCUT2D eigenvalue weighted by Gasteiger charge is 2.26. The Hall–Kier alpha value is -2.96. The molecule has 2 heterocycles. The zero-order valence-electron chi connectivity index (χ0n) is 14.0. The number of thiophene rings is 1. The van der Waals surface area contributed by atoms with Crippen LogP contribution in [0.5, 0.6) is 0 Å². The van der Waals surface area contributed by atoms with Gasteiger partial charge in [-0.05, 0) is 29.6 Å². The van der Waals surface area contributed by atoms with Crippen molar-refractivity contribution in [2.45, 2.75) is 6.04 Å². The predicted molar refractivity (Wildman–Crippen MR) is 105 cm³/mol. The number of aromatic nitrogens is 2. The molecule has 0 bridgehead atoms. The van der Waals surface area contributed by atoms with E-state index in [0.717, 1.165) is 5.56 Å². The summed E-state index contributed by atoms with van der Waals surface area (Å²) in [5.41, 5.74) is 1.49. The molecule has 0 fully saturated rings. The van der Waals surface area contributed by atoms with E-state index in [1.54, 1.807) is 12.1 Å². The summed E-state index contributed by atoms with van der Waals surface area (Å²) in [6, 6.07) is 19.6. The fourth-order valence-electron chi connectivity index (χ4n) is 2.64. The van der Waals surface area contributed by atoms with Crippen molar-refractivity contribution in [3.05, 3.63) is 93.5 Å². The van der Waals surface area contributed by atoms with Gasteiger partial charge in [0, 0.05) is 16.1 Å². The van der Waals surface area contributed by atoms with Crippen LogP contribution in [0, 0.1) is 0 Å². The minimum absolute atomic E-state index is 0.227. The lowest BCUT2D eigenvalue weighted by atomic mass is 10.1. The van der Waals surface area contributed by atoms with Gasteiger partial charge in [0.05, 0.1) is 4.88 Å². The molecule has 0 aliphatic carbocycles. The Morgan fingerprint density at radius 2 is 1.78 bits per heavy atom. The van der Waals surface area contributed by atoms with Gasteiger partial charge >= 0.3 is 0 Å². The van der Waals surface area contributed by atoms with Gasteiger partial charge in [-0.15, -0.1) is 21.5 Å². The summed E-state index contributed by atoms with van der Waals surface area (Å²) in [5.74, 6) is 0.425. The summed E-state index contributed by atoms with van der Waals surface area (Å²) in [5, 5.41) is 13.6. The molecule has 2 aromatic carbocycles. The zero-order chi connectivity index (χ0) is 18.6. The minimum atomic E-state index is -0.654. The van der Waals surface area contributed by atoms with Crippen LogP contribution in [0.4, 0.5) is 0 Å². The Kier molecular flexibility index (Phi) is 5.00. The van der Waals surface area contributed by atoms with Gasteiger partial charge in [0.25, 0.3) is 5.91 Å². The largest absolute Gasteiger partial charge is 0.418 e. The van der Waals surface area contributed by atoms with E-state index < -0.39 is 6.04 Å². The van der Waals surface area contributed by atoms with Gasteiger partial charge in [-0.3, -0.25) is 4.79 Å². The third kappa shape index (κ3) is 3.77. The first kappa shape index (κ1) is 17.5. The second-order valence-corrected chi connectivity index (χ2v) is 7.07. The number of carbonyl (C=O) groups is 1. The number of hydrogen-bond donors (Lipinski definition) is 1. The number of amides is 1. The smallest absolute Gasteiger partial charge is 0.262 e. The summed E-state index contributed by atoms with van der Waals surface area (Å²) < 4.78 is 5.87. The first-order valence-electron chi connectivity index (χ1n) is 8.20. The van der Waals surface area contributed by atoms with E-state index in [0.29, 0.717) is 21.4 Å². The van der Waals surface area contributed by atoms with E-state index in [1.165, 1.54) is 11.3 Å². The fraction of sp³-hybridized carbons (Fsp3) is 0.0500. The quantitative estimate of drug-likeness (QED) is 0.518. The normalized spacial score (nSPS) is 11.9. The standard InChI is InChI=1S/C20H14ClN3O2S/c21-15-10-5-4-9-14(15)17(22-18(25)16-11-6-12-27-16)20-24-23-19(26-20)13-7-2-1-3-8-13/h1-12,17H,(H,22,25). The Labute approximate surface area is 164 Å². The lowest BCUT2D eigenvalue weighted by molar-refractivity contribution is 0.0942. The van der Waals surface area contributed by atoms with Crippen LogP contribution in [-0.2, 0) is 0 Å². The highest BCUT2D eigenvalue weighted by molar-refractivity contribution is 7.12. The molecule has 0 aliphatic heterocycles. The summed E-state index contributed by atoms with van der Waals surface area (Å²) in [4.78, 5) is 13.2. The molecule has 0 radical (unpaired) electrons. The number of nitrogens with zero attached hydrogens (tertiary/aromatic N) is 2. The summed E-state index contributed by atoms with van der Waals surface area (Å²) in [7, 11) is 0. The summed E-state index contributed by atoms with van der Waals surface area (Å²) in [6.45, 7) is 0. The van der Waals surface area contributed by atoms with Gasteiger partial charge in [0.15, 0.2) is 0 Å². The molecule has 1 unspecified atom stereocenters. The second-order valence-electron chi connectivity index (χ2n) is 5.72.